The molecule has 3 N–H and O–H groups in total. The van der Waals surface area contributed by atoms with Crippen LogP contribution < -0.4 is 10.6 Å². The number of carboxylic acid groups (broad SMARTS) is 1. The van der Waals surface area contributed by atoms with Gasteiger partial charge in [-0.15, -0.1) is 0 Å². The van der Waals surface area contributed by atoms with Crippen LogP contribution in [-0.2, 0) is 14.3 Å². The molecule has 2 aromatic carbocycles. The fourth-order valence-electron chi connectivity index (χ4n) is 4.15. The molecule has 3 rings (SSSR count). The van der Waals surface area contributed by atoms with Gasteiger partial charge in [0.2, 0.25) is 5.91 Å². The average Bonchev–Trinajstić information content (AvgIpc) is 3.13. The summed E-state index contributed by atoms with van der Waals surface area (Å²) in [5.74, 6) is -2.37. The quantitative estimate of drug-likeness (QED) is 0.530. The van der Waals surface area contributed by atoms with Crippen molar-refractivity contribution in [1.29, 1.82) is 0 Å². The minimum Gasteiger partial charge on any atom is -0.480 e. The first kappa shape index (κ1) is 24.3. The highest BCUT2D eigenvalue weighted by molar-refractivity contribution is 5.85. The second kappa shape index (κ2) is 10.5. The maximum absolute atomic E-state index is 12.6. The number of benzene rings is 2. The van der Waals surface area contributed by atoms with E-state index in [2.05, 4.69) is 22.8 Å². The third-order valence-electron chi connectivity index (χ3n) is 6.63. The van der Waals surface area contributed by atoms with E-state index in [9.17, 15) is 19.5 Å². The number of hydrogen-bond donors (Lipinski definition) is 3. The summed E-state index contributed by atoms with van der Waals surface area (Å²) in [6.07, 6.45) is 0.0137. The van der Waals surface area contributed by atoms with Gasteiger partial charge in [-0.05, 0) is 35.1 Å². The van der Waals surface area contributed by atoms with E-state index >= 15 is 0 Å². The Balaban J connectivity index is 1.58. The lowest BCUT2D eigenvalue weighted by Gasteiger charge is -2.25. The maximum Gasteiger partial charge on any atom is 0.407 e. The summed E-state index contributed by atoms with van der Waals surface area (Å²) >= 11 is 0. The number of rotatable bonds is 9. The number of amides is 2. The van der Waals surface area contributed by atoms with Crippen LogP contribution in [0.1, 0.15) is 51.2 Å². The second-order valence-electron chi connectivity index (χ2n) is 8.76. The Morgan fingerprint density at radius 3 is 2.00 bits per heavy atom. The second-order valence-corrected chi connectivity index (χ2v) is 8.76. The smallest absolute Gasteiger partial charge is 0.407 e. The molecule has 4 unspecified atom stereocenters. The highest BCUT2D eigenvalue weighted by Gasteiger charge is 2.31. The molecule has 0 aliphatic heterocycles. The minimum atomic E-state index is -1.07. The van der Waals surface area contributed by atoms with E-state index in [1.165, 1.54) is 0 Å². The Morgan fingerprint density at radius 2 is 1.48 bits per heavy atom. The lowest BCUT2D eigenvalue weighted by Crippen LogP contribution is -2.50. The lowest BCUT2D eigenvalue weighted by atomic mass is 9.97. The molecule has 0 saturated carbocycles. The number of ether oxygens (including phenoxy) is 1. The molecule has 4 atom stereocenters. The Labute approximate surface area is 194 Å². The van der Waals surface area contributed by atoms with Crippen LogP contribution in [0.3, 0.4) is 0 Å². The summed E-state index contributed by atoms with van der Waals surface area (Å²) < 4.78 is 5.54. The van der Waals surface area contributed by atoms with E-state index in [1.54, 1.807) is 20.8 Å². The van der Waals surface area contributed by atoms with Crippen molar-refractivity contribution in [2.45, 2.75) is 52.1 Å². The molecule has 0 saturated heterocycles. The Hall–Kier alpha value is -3.35. The van der Waals surface area contributed by atoms with Crippen LogP contribution in [-0.4, -0.2) is 41.8 Å². The molecule has 1 aliphatic rings. The van der Waals surface area contributed by atoms with Gasteiger partial charge in [0.15, 0.2) is 0 Å². The molecular formula is C26H32N2O5. The largest absolute Gasteiger partial charge is 0.480 e. The van der Waals surface area contributed by atoms with E-state index in [0.717, 1.165) is 22.3 Å². The number of aliphatic carboxylic acids is 1. The zero-order valence-corrected chi connectivity index (χ0v) is 19.5. The van der Waals surface area contributed by atoms with Gasteiger partial charge in [-0.1, -0.05) is 75.7 Å². The standard InChI is InChI=1S/C26H32N2O5/c1-5-15(2)23(25(30)31)28-24(29)16(3)17(4)27-26(32)33-14-22-20-12-8-6-10-18(20)19-11-7-9-13-21(19)22/h6-13,15-17,22-23H,5,14H2,1-4H3,(H,27,32)(H,28,29)(H,30,31). The molecule has 0 spiro atoms. The third kappa shape index (κ3) is 5.35. The van der Waals surface area contributed by atoms with E-state index in [4.69, 9.17) is 4.74 Å². The Morgan fingerprint density at radius 1 is 0.939 bits per heavy atom. The number of carboxylic acids is 1. The molecule has 2 aromatic rings. The van der Waals surface area contributed by atoms with Crippen LogP contribution in [0.15, 0.2) is 48.5 Å². The molecule has 0 fully saturated rings. The van der Waals surface area contributed by atoms with Gasteiger partial charge in [0.05, 0.1) is 5.92 Å². The monoisotopic (exact) mass is 452 g/mol. The highest BCUT2D eigenvalue weighted by atomic mass is 16.5. The summed E-state index contributed by atoms with van der Waals surface area (Å²) in [7, 11) is 0. The number of carbonyl (C=O) groups is 3. The van der Waals surface area contributed by atoms with Gasteiger partial charge in [-0.25, -0.2) is 9.59 Å². The van der Waals surface area contributed by atoms with E-state index in [1.807, 2.05) is 43.3 Å². The van der Waals surface area contributed by atoms with Crippen molar-refractivity contribution in [3.05, 3.63) is 59.7 Å². The van der Waals surface area contributed by atoms with Crippen LogP contribution >= 0.6 is 0 Å². The van der Waals surface area contributed by atoms with Gasteiger partial charge < -0.3 is 20.5 Å². The van der Waals surface area contributed by atoms with Gasteiger partial charge in [-0.3, -0.25) is 4.79 Å². The summed E-state index contributed by atoms with van der Waals surface area (Å²) in [6.45, 7) is 7.19. The topological polar surface area (TPSA) is 105 Å². The Bertz CT molecular complexity index is 976. The number of hydrogen-bond acceptors (Lipinski definition) is 4. The minimum absolute atomic E-state index is 0.0500. The number of nitrogens with one attached hydrogen (secondary N) is 2. The first-order chi connectivity index (χ1) is 15.7. The zero-order chi connectivity index (χ0) is 24.1. The molecule has 176 valence electrons. The van der Waals surface area contributed by atoms with Gasteiger partial charge in [0.25, 0.3) is 0 Å². The predicted octanol–water partition coefficient (Wildman–Crippen LogP) is 4.17. The van der Waals surface area contributed by atoms with Crippen molar-refractivity contribution < 1.29 is 24.2 Å². The summed E-state index contributed by atoms with van der Waals surface area (Å²) in [5.41, 5.74) is 4.54. The zero-order valence-electron chi connectivity index (χ0n) is 19.5. The molecule has 7 heteroatoms. The summed E-state index contributed by atoms with van der Waals surface area (Å²) in [6, 6.07) is 14.7. The fourth-order valence-corrected chi connectivity index (χ4v) is 4.15. The van der Waals surface area contributed by atoms with E-state index < -0.39 is 36.0 Å². The molecule has 33 heavy (non-hydrogen) atoms. The van der Waals surface area contributed by atoms with Crippen molar-refractivity contribution >= 4 is 18.0 Å². The van der Waals surface area contributed by atoms with E-state index in [0.29, 0.717) is 6.42 Å². The number of fused-ring (bicyclic) bond motifs is 3. The number of carbonyl (C=O) groups excluding carboxylic acids is 2. The van der Waals surface area contributed by atoms with Gasteiger partial charge in [0, 0.05) is 12.0 Å². The first-order valence-electron chi connectivity index (χ1n) is 11.4. The van der Waals surface area contributed by atoms with Gasteiger partial charge >= 0.3 is 12.1 Å². The molecule has 0 radical (unpaired) electrons. The summed E-state index contributed by atoms with van der Waals surface area (Å²) in [5, 5.41) is 14.7. The van der Waals surface area contributed by atoms with Crippen molar-refractivity contribution in [3.63, 3.8) is 0 Å². The SMILES string of the molecule is CCC(C)C(NC(=O)C(C)C(C)NC(=O)OCC1c2ccccc2-c2ccccc21)C(=O)O. The maximum atomic E-state index is 12.6. The average molecular weight is 453 g/mol. The molecule has 0 bridgehead atoms. The van der Waals surface area contributed by atoms with Crippen LogP contribution in [0.5, 0.6) is 0 Å². The van der Waals surface area contributed by atoms with Crippen molar-refractivity contribution in [2.75, 3.05) is 6.61 Å². The van der Waals surface area contributed by atoms with Crippen molar-refractivity contribution in [2.24, 2.45) is 11.8 Å². The molecular weight excluding hydrogens is 420 g/mol. The third-order valence-corrected chi connectivity index (χ3v) is 6.63. The van der Waals surface area contributed by atoms with Crippen molar-refractivity contribution in [3.8, 4) is 11.1 Å². The molecule has 1 aliphatic carbocycles. The lowest BCUT2D eigenvalue weighted by molar-refractivity contribution is -0.144. The van der Waals surface area contributed by atoms with Crippen LogP contribution in [0.2, 0.25) is 0 Å². The molecule has 7 nitrogen and oxygen atoms in total. The highest BCUT2D eigenvalue weighted by Crippen LogP contribution is 2.44. The van der Waals surface area contributed by atoms with Gasteiger partial charge in [0.1, 0.15) is 12.6 Å². The predicted molar refractivity (Wildman–Crippen MR) is 126 cm³/mol. The van der Waals surface area contributed by atoms with Crippen LogP contribution in [0.4, 0.5) is 4.79 Å². The van der Waals surface area contributed by atoms with Gasteiger partial charge in [-0.2, -0.15) is 0 Å². The molecule has 0 aromatic heterocycles. The van der Waals surface area contributed by atoms with Crippen LogP contribution in [0, 0.1) is 11.8 Å². The first-order valence-corrected chi connectivity index (χ1v) is 11.4. The van der Waals surface area contributed by atoms with Crippen LogP contribution in [0.25, 0.3) is 11.1 Å². The molecule has 2 amide bonds. The number of alkyl carbamates (subject to hydrolysis) is 1. The molecule has 0 heterocycles. The van der Waals surface area contributed by atoms with Crippen molar-refractivity contribution in [1.82, 2.24) is 10.6 Å². The van der Waals surface area contributed by atoms with E-state index in [-0.39, 0.29) is 18.4 Å². The fraction of sp³-hybridized carbons (Fsp3) is 0.423. The normalized spacial score (nSPS) is 16.0. The summed E-state index contributed by atoms with van der Waals surface area (Å²) in [4.78, 5) is 36.6. The Kier molecular flexibility index (Phi) is 7.74.